The number of amides is 1. The maximum atomic E-state index is 13.4. The van der Waals surface area contributed by atoms with Gasteiger partial charge in [0.05, 0.1) is 16.8 Å². The van der Waals surface area contributed by atoms with Crippen LogP contribution in [0.25, 0.3) is 0 Å². The minimum Gasteiger partial charge on any atom is -0.265 e. The third kappa shape index (κ3) is 4.87. The van der Waals surface area contributed by atoms with E-state index in [-0.39, 0.29) is 17.9 Å². The molecule has 0 unspecified atom stereocenters. The highest BCUT2D eigenvalue weighted by Gasteiger charge is 2.42. The molecular formula is C23H24Cl4N4O. The summed E-state index contributed by atoms with van der Waals surface area (Å²) in [6, 6.07) is 12.5. The highest BCUT2D eigenvalue weighted by molar-refractivity contribution is 6.46. The van der Waals surface area contributed by atoms with Crippen molar-refractivity contribution >= 4 is 63.9 Å². The summed E-state index contributed by atoms with van der Waals surface area (Å²) < 4.78 is 1.21. The summed E-state index contributed by atoms with van der Waals surface area (Å²) in [5.41, 5.74) is 2.02. The molecule has 2 aromatic rings. The molecule has 32 heavy (non-hydrogen) atoms. The van der Waals surface area contributed by atoms with Crippen molar-refractivity contribution in [1.29, 1.82) is 0 Å². The minimum absolute atomic E-state index is 0.233. The fourth-order valence-corrected chi connectivity index (χ4v) is 5.14. The molecule has 1 saturated heterocycles. The lowest BCUT2D eigenvalue weighted by Crippen LogP contribution is -2.44. The second-order valence-corrected chi connectivity index (χ2v) is 9.74. The van der Waals surface area contributed by atoms with Crippen LogP contribution in [0.3, 0.4) is 0 Å². The number of hydrazine groups is 1. The molecule has 170 valence electrons. The van der Waals surface area contributed by atoms with Gasteiger partial charge in [-0.1, -0.05) is 66.7 Å². The first-order valence-corrected chi connectivity index (χ1v) is 12.2. The molecule has 5 nitrogen and oxygen atoms in total. The third-order valence-electron chi connectivity index (χ3n) is 5.97. The lowest BCUT2D eigenvalue weighted by atomic mass is 9.91. The Bertz CT molecular complexity index is 1010. The van der Waals surface area contributed by atoms with Crippen molar-refractivity contribution in [3.8, 4) is 0 Å². The maximum Gasteiger partial charge on any atom is 0.299 e. The molecule has 0 aliphatic carbocycles. The molecule has 0 aromatic heterocycles. The number of nitrogens with zero attached hydrogens (tertiary/aromatic N) is 4. The van der Waals surface area contributed by atoms with E-state index >= 15 is 0 Å². The van der Waals surface area contributed by atoms with Crippen molar-refractivity contribution in [3.63, 3.8) is 0 Å². The van der Waals surface area contributed by atoms with E-state index in [1.165, 1.54) is 4.53 Å². The first kappa shape index (κ1) is 23.7. The molecule has 2 heterocycles. The Labute approximate surface area is 208 Å². The minimum atomic E-state index is -0.312. The van der Waals surface area contributed by atoms with Gasteiger partial charge in [-0.2, -0.15) is 9.63 Å². The zero-order valence-electron chi connectivity index (χ0n) is 17.6. The first-order chi connectivity index (χ1) is 15.4. The van der Waals surface area contributed by atoms with Gasteiger partial charge in [0.15, 0.2) is 0 Å². The van der Waals surface area contributed by atoms with Gasteiger partial charge in [-0.3, -0.25) is 9.80 Å². The second-order valence-electron chi connectivity index (χ2n) is 8.14. The van der Waals surface area contributed by atoms with Crippen molar-refractivity contribution < 1.29 is 4.79 Å². The van der Waals surface area contributed by atoms with Crippen LogP contribution in [0.1, 0.15) is 44.2 Å². The van der Waals surface area contributed by atoms with Gasteiger partial charge in [-0.15, -0.1) is 0 Å². The van der Waals surface area contributed by atoms with Gasteiger partial charge in [0, 0.05) is 40.8 Å². The number of anilines is 1. The standard InChI is InChI=1S/C23H24Cl4N4O/c1-15-21(23(32)31(27)29-12-4-2-3-5-13-29)28-30(20-11-10-18(25)14-19(20)26)22(15)16-6-8-17(24)9-7-16/h6-11,14-15,22H,2-5,12-13H2,1H3/t15-,22+/m0/s1. The van der Waals surface area contributed by atoms with E-state index in [4.69, 9.17) is 51.7 Å². The van der Waals surface area contributed by atoms with Gasteiger partial charge in [0.1, 0.15) is 5.71 Å². The van der Waals surface area contributed by atoms with Crippen molar-refractivity contribution in [3.05, 3.63) is 63.1 Å². The lowest BCUT2D eigenvalue weighted by molar-refractivity contribution is -0.130. The van der Waals surface area contributed by atoms with E-state index < -0.39 is 0 Å². The van der Waals surface area contributed by atoms with Crippen LogP contribution in [0.2, 0.25) is 15.1 Å². The van der Waals surface area contributed by atoms with Crippen LogP contribution in [-0.4, -0.2) is 34.2 Å². The van der Waals surface area contributed by atoms with Gasteiger partial charge in [0.2, 0.25) is 0 Å². The van der Waals surface area contributed by atoms with E-state index in [9.17, 15) is 4.79 Å². The molecular weight excluding hydrogens is 490 g/mol. The highest BCUT2D eigenvalue weighted by atomic mass is 35.5. The molecule has 0 spiro atoms. The average Bonchev–Trinajstić information content (AvgIpc) is 2.94. The molecule has 1 amide bonds. The SMILES string of the molecule is C[C@H]1C(C(=O)N(Cl)N2CCCCCC2)=NN(c2ccc(Cl)cc2Cl)[C@H]1c1ccc(Cl)cc1. The van der Waals surface area contributed by atoms with Gasteiger partial charge < -0.3 is 0 Å². The molecule has 2 aliphatic heterocycles. The fourth-order valence-electron chi connectivity index (χ4n) is 4.28. The summed E-state index contributed by atoms with van der Waals surface area (Å²) in [5, 5.41) is 10.0. The number of benzene rings is 2. The lowest BCUT2D eigenvalue weighted by Gasteiger charge is -2.29. The van der Waals surface area contributed by atoms with Gasteiger partial charge >= 0.3 is 0 Å². The van der Waals surface area contributed by atoms with Crippen LogP contribution < -0.4 is 5.01 Å². The zero-order chi connectivity index (χ0) is 22.8. The van der Waals surface area contributed by atoms with Crippen LogP contribution in [-0.2, 0) is 4.79 Å². The molecule has 2 aromatic carbocycles. The Morgan fingerprint density at radius 1 is 0.969 bits per heavy atom. The quantitative estimate of drug-likeness (QED) is 0.414. The summed E-state index contributed by atoms with van der Waals surface area (Å²) in [7, 11) is 0. The largest absolute Gasteiger partial charge is 0.299 e. The molecule has 0 N–H and O–H groups in total. The van der Waals surface area contributed by atoms with Crippen molar-refractivity contribution in [2.24, 2.45) is 11.0 Å². The Morgan fingerprint density at radius 3 is 2.22 bits per heavy atom. The third-order valence-corrected chi connectivity index (χ3v) is 7.13. The normalized spacial score (nSPS) is 21.9. The first-order valence-electron chi connectivity index (χ1n) is 10.7. The Morgan fingerprint density at radius 2 is 1.59 bits per heavy atom. The summed E-state index contributed by atoms with van der Waals surface area (Å²) in [5.74, 6) is -0.545. The summed E-state index contributed by atoms with van der Waals surface area (Å²) in [6.07, 6.45) is 4.32. The average molecular weight is 514 g/mol. The number of hydrogen-bond donors (Lipinski definition) is 0. The smallest absolute Gasteiger partial charge is 0.265 e. The number of carbonyl (C=O) groups is 1. The maximum absolute atomic E-state index is 13.4. The van der Waals surface area contributed by atoms with Crippen LogP contribution >= 0.6 is 46.6 Å². The Balaban J connectivity index is 1.70. The Hall–Kier alpha value is -1.50. The number of hydrazone groups is 1. The summed E-state index contributed by atoms with van der Waals surface area (Å²) in [4.78, 5) is 13.4. The van der Waals surface area contributed by atoms with E-state index in [1.54, 1.807) is 17.1 Å². The number of hydrogen-bond acceptors (Lipinski definition) is 4. The molecule has 1 fully saturated rings. The van der Waals surface area contributed by atoms with Crippen molar-refractivity contribution in [2.45, 2.75) is 38.6 Å². The van der Waals surface area contributed by atoms with E-state index in [0.29, 0.717) is 26.5 Å². The number of carbonyl (C=O) groups excluding carboxylic acids is 1. The predicted octanol–water partition coefficient (Wildman–Crippen LogP) is 6.97. The van der Waals surface area contributed by atoms with Crippen LogP contribution in [0.5, 0.6) is 0 Å². The zero-order valence-corrected chi connectivity index (χ0v) is 20.7. The molecule has 4 rings (SSSR count). The van der Waals surface area contributed by atoms with Crippen molar-refractivity contribution in [2.75, 3.05) is 18.1 Å². The van der Waals surface area contributed by atoms with E-state index in [1.807, 2.05) is 42.3 Å². The van der Waals surface area contributed by atoms with Gasteiger partial charge in [-0.05, 0) is 48.7 Å². The molecule has 9 heteroatoms. The van der Waals surface area contributed by atoms with E-state index in [2.05, 4.69) is 0 Å². The monoisotopic (exact) mass is 512 g/mol. The van der Waals surface area contributed by atoms with Gasteiger partial charge in [0.25, 0.3) is 5.91 Å². The second kappa shape index (κ2) is 10.2. The predicted molar refractivity (Wildman–Crippen MR) is 132 cm³/mol. The molecule has 0 bridgehead atoms. The van der Waals surface area contributed by atoms with Gasteiger partial charge in [-0.25, -0.2) is 5.01 Å². The van der Waals surface area contributed by atoms with Crippen molar-refractivity contribution in [1.82, 2.24) is 9.54 Å². The van der Waals surface area contributed by atoms with Crippen LogP contribution in [0.15, 0.2) is 47.6 Å². The van der Waals surface area contributed by atoms with Crippen LogP contribution in [0.4, 0.5) is 5.69 Å². The summed E-state index contributed by atoms with van der Waals surface area (Å²) >= 11 is 25.3. The number of rotatable bonds is 4. The van der Waals surface area contributed by atoms with Crippen LogP contribution in [0, 0.1) is 5.92 Å². The summed E-state index contributed by atoms with van der Waals surface area (Å²) in [6.45, 7) is 3.49. The Kier molecular flexibility index (Phi) is 7.53. The highest BCUT2D eigenvalue weighted by Crippen LogP contribution is 2.43. The molecule has 2 atom stereocenters. The molecule has 2 aliphatic rings. The number of halogens is 4. The fraction of sp³-hybridized carbons (Fsp3) is 0.391. The van der Waals surface area contributed by atoms with E-state index in [0.717, 1.165) is 44.3 Å². The topological polar surface area (TPSA) is 39.2 Å². The molecule has 0 radical (unpaired) electrons. The molecule has 0 saturated carbocycles.